The quantitative estimate of drug-likeness (QED) is 0.669. The molecule has 1 N–H and O–H groups in total. The second-order valence-corrected chi connectivity index (χ2v) is 9.34. The number of halogens is 2. The van der Waals surface area contributed by atoms with Crippen molar-refractivity contribution >= 4 is 11.8 Å². The molecule has 1 saturated heterocycles. The molecule has 33 heavy (non-hydrogen) atoms. The number of likely N-dealkylation sites (tertiary alicyclic amines) is 1. The Morgan fingerprint density at radius 1 is 0.909 bits per heavy atom. The molecule has 2 aromatic rings. The van der Waals surface area contributed by atoms with E-state index in [2.05, 4.69) is 5.32 Å². The van der Waals surface area contributed by atoms with Gasteiger partial charge in [0.05, 0.1) is 12.3 Å². The average Bonchev–Trinajstić information content (AvgIpc) is 2.84. The van der Waals surface area contributed by atoms with E-state index < -0.39 is 11.6 Å². The van der Waals surface area contributed by atoms with Crippen molar-refractivity contribution in [3.8, 4) is 0 Å². The van der Waals surface area contributed by atoms with Crippen LogP contribution in [0.4, 0.5) is 8.78 Å². The number of carbonyl (C=O) groups excluding carboxylic acids is 2. The fourth-order valence-corrected chi connectivity index (χ4v) is 5.29. The van der Waals surface area contributed by atoms with E-state index in [9.17, 15) is 18.4 Å². The van der Waals surface area contributed by atoms with Gasteiger partial charge < -0.3 is 10.2 Å². The monoisotopic (exact) mass is 454 g/mol. The molecule has 0 radical (unpaired) electrons. The minimum Gasteiger partial charge on any atom is -0.353 e. The van der Waals surface area contributed by atoms with Gasteiger partial charge in [0.2, 0.25) is 11.8 Å². The Morgan fingerprint density at radius 2 is 1.61 bits per heavy atom. The number of nitrogens with one attached hydrogen (secondary N) is 1. The highest BCUT2D eigenvalue weighted by atomic mass is 19.2. The van der Waals surface area contributed by atoms with Gasteiger partial charge in [-0.25, -0.2) is 8.78 Å². The van der Waals surface area contributed by atoms with Crippen molar-refractivity contribution in [3.63, 3.8) is 0 Å². The molecular weight excluding hydrogens is 422 g/mol. The second kappa shape index (κ2) is 10.9. The lowest BCUT2D eigenvalue weighted by Crippen LogP contribution is -2.48. The fraction of sp³-hybridized carbons (Fsp3) is 0.481. The highest BCUT2D eigenvalue weighted by molar-refractivity contribution is 5.84. The van der Waals surface area contributed by atoms with Gasteiger partial charge in [0.1, 0.15) is 0 Å². The van der Waals surface area contributed by atoms with Crippen LogP contribution in [-0.4, -0.2) is 35.8 Å². The minimum absolute atomic E-state index is 0.0160. The molecule has 2 aromatic carbocycles. The predicted octanol–water partition coefficient (Wildman–Crippen LogP) is 4.98. The van der Waals surface area contributed by atoms with Gasteiger partial charge in [0.15, 0.2) is 11.6 Å². The zero-order valence-corrected chi connectivity index (χ0v) is 18.9. The molecule has 0 spiro atoms. The third kappa shape index (κ3) is 5.79. The van der Waals surface area contributed by atoms with E-state index in [0.29, 0.717) is 31.8 Å². The van der Waals surface area contributed by atoms with Crippen molar-refractivity contribution in [2.24, 2.45) is 5.92 Å². The number of rotatable bonds is 6. The first kappa shape index (κ1) is 23.4. The molecule has 0 aromatic heterocycles. The van der Waals surface area contributed by atoms with E-state index >= 15 is 0 Å². The maximum atomic E-state index is 13.9. The Bertz CT molecular complexity index is 952. The maximum absolute atomic E-state index is 13.9. The predicted molar refractivity (Wildman–Crippen MR) is 124 cm³/mol. The van der Waals surface area contributed by atoms with E-state index in [1.807, 2.05) is 30.3 Å². The highest BCUT2D eigenvalue weighted by Gasteiger charge is 2.33. The molecule has 176 valence electrons. The van der Waals surface area contributed by atoms with Crippen LogP contribution in [0, 0.1) is 17.6 Å². The third-order valence-electron chi connectivity index (χ3n) is 7.13. The number of hydrogen-bond acceptors (Lipinski definition) is 2. The summed E-state index contributed by atoms with van der Waals surface area (Å²) in [4.78, 5) is 27.7. The van der Waals surface area contributed by atoms with Crippen molar-refractivity contribution < 1.29 is 18.4 Å². The standard InChI is InChI=1S/C27H32F2N2O2/c28-23-13-7-12-21(26(23)29)18-24(32)31-16-14-22(15-17-31)30-27(33)25(19-8-3-1-4-9-19)20-10-5-2-6-11-20/h1,3-4,7-9,12-13,20,22,25H,2,5-6,10-11,14-18H2,(H,30,33). The average molecular weight is 455 g/mol. The molecule has 4 rings (SSSR count). The second-order valence-electron chi connectivity index (χ2n) is 9.34. The summed E-state index contributed by atoms with van der Waals surface area (Å²) in [6.07, 6.45) is 6.92. The van der Waals surface area contributed by atoms with Crippen LogP contribution in [0.15, 0.2) is 48.5 Å². The summed E-state index contributed by atoms with van der Waals surface area (Å²) in [6.45, 7) is 1.00. The molecule has 6 heteroatoms. The summed E-state index contributed by atoms with van der Waals surface area (Å²) in [7, 11) is 0. The molecule has 1 aliphatic carbocycles. The van der Waals surface area contributed by atoms with Crippen molar-refractivity contribution in [2.45, 2.75) is 63.3 Å². The fourth-order valence-electron chi connectivity index (χ4n) is 5.29. The number of amides is 2. The first-order chi connectivity index (χ1) is 16.0. The van der Waals surface area contributed by atoms with Crippen molar-refractivity contribution in [1.82, 2.24) is 10.2 Å². The van der Waals surface area contributed by atoms with Crippen LogP contribution in [0.2, 0.25) is 0 Å². The Labute approximate surface area is 194 Å². The Kier molecular flexibility index (Phi) is 7.73. The van der Waals surface area contributed by atoms with E-state index in [1.54, 1.807) is 4.90 Å². The van der Waals surface area contributed by atoms with Crippen molar-refractivity contribution in [1.29, 1.82) is 0 Å². The summed E-state index contributed by atoms with van der Waals surface area (Å²) in [5, 5.41) is 3.25. The molecule has 2 aliphatic rings. The van der Waals surface area contributed by atoms with Gasteiger partial charge in [-0.3, -0.25) is 9.59 Å². The number of carbonyl (C=O) groups is 2. The van der Waals surface area contributed by atoms with Gasteiger partial charge in [-0.1, -0.05) is 61.7 Å². The lowest BCUT2D eigenvalue weighted by molar-refractivity contribution is -0.131. The summed E-state index contributed by atoms with van der Waals surface area (Å²) < 4.78 is 27.3. The topological polar surface area (TPSA) is 49.4 Å². The molecule has 1 unspecified atom stereocenters. The van der Waals surface area contributed by atoms with Crippen molar-refractivity contribution in [3.05, 3.63) is 71.3 Å². The molecule has 2 amide bonds. The van der Waals surface area contributed by atoms with Crippen LogP contribution in [0.5, 0.6) is 0 Å². The first-order valence-electron chi connectivity index (χ1n) is 12.1. The SMILES string of the molecule is O=C(NC1CCN(C(=O)Cc2cccc(F)c2F)CC1)C(c1ccccc1)C1CCCCC1. The van der Waals surface area contributed by atoms with Gasteiger partial charge in [-0.2, -0.15) is 0 Å². The van der Waals surface area contributed by atoms with Gasteiger partial charge in [0, 0.05) is 24.7 Å². The lowest BCUT2D eigenvalue weighted by atomic mass is 9.76. The summed E-state index contributed by atoms with van der Waals surface area (Å²) in [5.74, 6) is -1.80. The van der Waals surface area contributed by atoms with Gasteiger partial charge in [-0.15, -0.1) is 0 Å². The first-order valence-corrected chi connectivity index (χ1v) is 12.1. The van der Waals surface area contributed by atoms with Crippen LogP contribution in [0.1, 0.15) is 62.0 Å². The van der Waals surface area contributed by atoms with Crippen molar-refractivity contribution in [2.75, 3.05) is 13.1 Å². The van der Waals surface area contributed by atoms with Crippen LogP contribution < -0.4 is 5.32 Å². The van der Waals surface area contributed by atoms with Gasteiger partial charge in [-0.05, 0) is 43.2 Å². The molecule has 2 fully saturated rings. The number of piperidine rings is 1. The zero-order chi connectivity index (χ0) is 23.2. The molecule has 4 nitrogen and oxygen atoms in total. The smallest absolute Gasteiger partial charge is 0.228 e. The summed E-state index contributed by atoms with van der Waals surface area (Å²) in [5.41, 5.74) is 1.15. The van der Waals surface area contributed by atoms with E-state index in [-0.39, 0.29) is 35.8 Å². The number of hydrogen-bond donors (Lipinski definition) is 1. The minimum atomic E-state index is -0.956. The van der Waals surface area contributed by atoms with E-state index in [0.717, 1.165) is 24.5 Å². The molecule has 1 heterocycles. The van der Waals surface area contributed by atoms with Crippen LogP contribution >= 0.6 is 0 Å². The molecule has 1 saturated carbocycles. The molecular formula is C27H32F2N2O2. The molecule has 1 atom stereocenters. The summed E-state index contributed by atoms with van der Waals surface area (Å²) in [6, 6.07) is 14.0. The van der Waals surface area contributed by atoms with Gasteiger partial charge >= 0.3 is 0 Å². The highest BCUT2D eigenvalue weighted by Crippen LogP contribution is 2.36. The van der Waals surface area contributed by atoms with Gasteiger partial charge in [0.25, 0.3) is 0 Å². The number of benzene rings is 2. The Balaban J connectivity index is 1.34. The largest absolute Gasteiger partial charge is 0.353 e. The normalized spacial score (nSPS) is 18.7. The third-order valence-corrected chi connectivity index (χ3v) is 7.13. The maximum Gasteiger partial charge on any atom is 0.228 e. The number of nitrogens with zero attached hydrogens (tertiary/aromatic N) is 1. The van der Waals surface area contributed by atoms with Crippen LogP contribution in [0.25, 0.3) is 0 Å². The van der Waals surface area contributed by atoms with E-state index in [1.165, 1.54) is 31.4 Å². The Morgan fingerprint density at radius 3 is 2.30 bits per heavy atom. The van der Waals surface area contributed by atoms with E-state index in [4.69, 9.17) is 0 Å². The van der Waals surface area contributed by atoms with Crippen LogP contribution in [-0.2, 0) is 16.0 Å². The molecule has 0 bridgehead atoms. The zero-order valence-electron chi connectivity index (χ0n) is 18.9. The molecule has 1 aliphatic heterocycles. The van der Waals surface area contributed by atoms with Crippen LogP contribution in [0.3, 0.4) is 0 Å². The Hall–Kier alpha value is -2.76. The summed E-state index contributed by atoms with van der Waals surface area (Å²) >= 11 is 0. The lowest BCUT2D eigenvalue weighted by Gasteiger charge is -2.35.